The Morgan fingerprint density at radius 1 is 0.769 bits per heavy atom. The van der Waals surface area contributed by atoms with Crippen molar-refractivity contribution in [3.63, 3.8) is 0 Å². The molecule has 2 aromatic rings. The standard InChI is InChI=1S/C23H34O2Si/c1-5-13-21(14-6-2)25-26(24-19-20(3)4,22-15-9-7-10-16-22)23-17-11-8-12-18-23/h7-12,15-18,20-21H,5-6,13-14,19H2,1-4H3. The Balaban J connectivity index is 2.51. The minimum absolute atomic E-state index is 0.240. The van der Waals surface area contributed by atoms with Crippen LogP contribution in [0.15, 0.2) is 60.7 Å². The highest BCUT2D eigenvalue weighted by Crippen LogP contribution is 2.19. The van der Waals surface area contributed by atoms with E-state index in [1.807, 2.05) is 0 Å². The van der Waals surface area contributed by atoms with Crippen LogP contribution < -0.4 is 10.4 Å². The maximum absolute atomic E-state index is 6.96. The van der Waals surface area contributed by atoms with E-state index in [4.69, 9.17) is 8.85 Å². The van der Waals surface area contributed by atoms with Crippen LogP contribution in [-0.2, 0) is 8.85 Å². The summed E-state index contributed by atoms with van der Waals surface area (Å²) in [5, 5.41) is 2.40. The molecule has 0 unspecified atom stereocenters. The molecule has 3 heteroatoms. The first-order valence-corrected chi connectivity index (χ1v) is 11.9. The molecular formula is C23H34O2Si. The Morgan fingerprint density at radius 2 is 1.23 bits per heavy atom. The average Bonchev–Trinajstić information content (AvgIpc) is 2.67. The van der Waals surface area contributed by atoms with E-state index in [2.05, 4.69) is 88.4 Å². The predicted molar refractivity (Wildman–Crippen MR) is 113 cm³/mol. The third kappa shape index (κ3) is 5.54. The van der Waals surface area contributed by atoms with Crippen molar-refractivity contribution in [1.82, 2.24) is 0 Å². The van der Waals surface area contributed by atoms with E-state index in [0.29, 0.717) is 12.5 Å². The van der Waals surface area contributed by atoms with Crippen molar-refractivity contribution >= 4 is 18.9 Å². The van der Waals surface area contributed by atoms with Gasteiger partial charge in [-0.2, -0.15) is 0 Å². The third-order valence-electron chi connectivity index (χ3n) is 4.48. The molecule has 2 rings (SSSR count). The third-order valence-corrected chi connectivity index (χ3v) is 7.91. The van der Waals surface area contributed by atoms with E-state index in [1.54, 1.807) is 0 Å². The molecule has 0 atom stereocenters. The molecule has 0 bridgehead atoms. The molecule has 2 aromatic carbocycles. The Morgan fingerprint density at radius 3 is 1.62 bits per heavy atom. The van der Waals surface area contributed by atoms with Gasteiger partial charge in [-0.25, -0.2) is 0 Å². The minimum Gasteiger partial charge on any atom is -0.387 e. The van der Waals surface area contributed by atoms with Gasteiger partial charge < -0.3 is 8.85 Å². The van der Waals surface area contributed by atoms with Crippen molar-refractivity contribution in [2.24, 2.45) is 5.92 Å². The summed E-state index contributed by atoms with van der Waals surface area (Å²) in [7, 11) is -2.75. The average molecular weight is 371 g/mol. The van der Waals surface area contributed by atoms with Gasteiger partial charge in [-0.15, -0.1) is 0 Å². The van der Waals surface area contributed by atoms with Crippen LogP contribution in [0.4, 0.5) is 0 Å². The Labute approximate surface area is 160 Å². The predicted octanol–water partition coefficient (Wildman–Crippen LogP) is 4.90. The van der Waals surface area contributed by atoms with Crippen LogP contribution in [0, 0.1) is 5.92 Å². The first kappa shape index (κ1) is 20.9. The fourth-order valence-electron chi connectivity index (χ4n) is 3.24. The normalized spacial score (nSPS) is 12.1. The van der Waals surface area contributed by atoms with Crippen molar-refractivity contribution < 1.29 is 8.85 Å². The van der Waals surface area contributed by atoms with Gasteiger partial charge in [0.1, 0.15) is 0 Å². The molecule has 0 saturated heterocycles. The van der Waals surface area contributed by atoms with Crippen LogP contribution in [0.3, 0.4) is 0 Å². The van der Waals surface area contributed by atoms with Crippen molar-refractivity contribution in [3.05, 3.63) is 60.7 Å². The zero-order chi connectivity index (χ0) is 18.8. The fraction of sp³-hybridized carbons (Fsp3) is 0.478. The number of hydrogen-bond donors (Lipinski definition) is 0. The lowest BCUT2D eigenvalue weighted by Gasteiger charge is -2.36. The molecule has 2 nitrogen and oxygen atoms in total. The summed E-state index contributed by atoms with van der Waals surface area (Å²) in [5.41, 5.74) is 0. The molecule has 0 N–H and O–H groups in total. The Bertz CT molecular complexity index is 567. The van der Waals surface area contributed by atoms with Crippen molar-refractivity contribution in [3.8, 4) is 0 Å². The van der Waals surface area contributed by atoms with Gasteiger partial charge in [0.2, 0.25) is 0 Å². The lowest BCUT2D eigenvalue weighted by Crippen LogP contribution is -2.65. The first-order chi connectivity index (χ1) is 12.6. The number of rotatable bonds is 11. The topological polar surface area (TPSA) is 18.5 Å². The highest BCUT2D eigenvalue weighted by molar-refractivity contribution is 6.92. The van der Waals surface area contributed by atoms with Gasteiger partial charge in [-0.3, -0.25) is 0 Å². The smallest absolute Gasteiger partial charge is 0.387 e. The van der Waals surface area contributed by atoms with Crippen LogP contribution in [0.25, 0.3) is 0 Å². The molecule has 0 fully saturated rings. The van der Waals surface area contributed by atoms with Crippen molar-refractivity contribution in [1.29, 1.82) is 0 Å². The molecule has 0 spiro atoms. The molecule has 0 radical (unpaired) electrons. The molecular weight excluding hydrogens is 336 g/mol. The van der Waals surface area contributed by atoms with E-state index in [9.17, 15) is 0 Å². The van der Waals surface area contributed by atoms with Gasteiger partial charge in [0, 0.05) is 12.7 Å². The van der Waals surface area contributed by atoms with Gasteiger partial charge in [-0.05, 0) is 29.1 Å². The number of benzene rings is 2. The summed E-state index contributed by atoms with van der Waals surface area (Å²) in [4.78, 5) is 0. The van der Waals surface area contributed by atoms with Crippen molar-refractivity contribution in [2.45, 2.75) is 59.5 Å². The molecule has 0 heterocycles. The van der Waals surface area contributed by atoms with Crippen LogP contribution in [0.1, 0.15) is 53.4 Å². The highest BCUT2D eigenvalue weighted by Gasteiger charge is 2.44. The second-order valence-corrected chi connectivity index (χ2v) is 10.3. The maximum atomic E-state index is 6.96. The fourth-order valence-corrected chi connectivity index (χ4v) is 6.79. The van der Waals surface area contributed by atoms with E-state index in [1.165, 1.54) is 10.4 Å². The molecule has 0 saturated carbocycles. The lowest BCUT2D eigenvalue weighted by atomic mass is 10.1. The summed E-state index contributed by atoms with van der Waals surface area (Å²) in [6.07, 6.45) is 4.65. The highest BCUT2D eigenvalue weighted by atomic mass is 28.4. The zero-order valence-electron chi connectivity index (χ0n) is 16.8. The molecule has 142 valence electrons. The summed E-state index contributed by atoms with van der Waals surface area (Å²) in [6.45, 7) is 9.57. The molecule has 26 heavy (non-hydrogen) atoms. The largest absolute Gasteiger partial charge is 0.407 e. The molecule has 0 amide bonds. The minimum atomic E-state index is -2.75. The maximum Gasteiger partial charge on any atom is 0.407 e. The summed E-state index contributed by atoms with van der Waals surface area (Å²) < 4.78 is 13.7. The quantitative estimate of drug-likeness (QED) is 0.524. The van der Waals surface area contributed by atoms with E-state index >= 15 is 0 Å². The lowest BCUT2D eigenvalue weighted by molar-refractivity contribution is 0.109. The second kappa shape index (κ2) is 10.7. The van der Waals surface area contributed by atoms with E-state index < -0.39 is 8.56 Å². The molecule has 0 aliphatic heterocycles. The van der Waals surface area contributed by atoms with Gasteiger partial charge in [0.25, 0.3) is 0 Å². The summed E-state index contributed by atoms with van der Waals surface area (Å²) >= 11 is 0. The van der Waals surface area contributed by atoms with Crippen LogP contribution in [0.5, 0.6) is 0 Å². The molecule has 0 aliphatic rings. The SMILES string of the molecule is CCCC(CCC)O[Si](OCC(C)C)(c1ccccc1)c1ccccc1. The van der Waals surface area contributed by atoms with Gasteiger partial charge >= 0.3 is 8.56 Å². The summed E-state index contributed by atoms with van der Waals surface area (Å²) in [6, 6.07) is 21.2. The first-order valence-electron chi connectivity index (χ1n) is 10.0. The second-order valence-electron chi connectivity index (χ2n) is 7.37. The van der Waals surface area contributed by atoms with E-state index in [0.717, 1.165) is 25.7 Å². The van der Waals surface area contributed by atoms with Gasteiger partial charge in [-0.1, -0.05) is 101 Å². The molecule has 0 aliphatic carbocycles. The van der Waals surface area contributed by atoms with Crippen LogP contribution in [-0.4, -0.2) is 21.3 Å². The van der Waals surface area contributed by atoms with Crippen LogP contribution >= 0.6 is 0 Å². The number of hydrogen-bond acceptors (Lipinski definition) is 2. The zero-order valence-corrected chi connectivity index (χ0v) is 17.8. The van der Waals surface area contributed by atoms with Crippen molar-refractivity contribution in [2.75, 3.05) is 6.61 Å². The summed E-state index contributed by atoms with van der Waals surface area (Å²) in [5.74, 6) is 0.466. The Hall–Kier alpha value is -1.42. The van der Waals surface area contributed by atoms with Gasteiger partial charge in [0.15, 0.2) is 0 Å². The Kier molecular flexibility index (Phi) is 8.56. The monoisotopic (exact) mass is 370 g/mol. The van der Waals surface area contributed by atoms with Gasteiger partial charge in [0.05, 0.1) is 0 Å². The van der Waals surface area contributed by atoms with Crippen LogP contribution in [0.2, 0.25) is 0 Å². The molecule has 0 aromatic heterocycles. The van der Waals surface area contributed by atoms with E-state index in [-0.39, 0.29) is 6.10 Å².